The molecule has 0 saturated heterocycles. The van der Waals surface area contributed by atoms with E-state index in [1.165, 1.54) is 38.5 Å². The smallest absolute Gasteiger partial charge is 0.140 e. The molecule has 0 fully saturated rings. The van der Waals surface area contributed by atoms with Crippen molar-refractivity contribution in [1.82, 2.24) is 0 Å². The molecule has 0 unspecified atom stereocenters. The average Bonchev–Trinajstić information content (AvgIpc) is 2.48. The number of unbranched alkanes of at least 4 members (excludes halogenated alkanes) is 6. The SMILES string of the molecule is C=O.CCCCCCCCCc1ccc(O)c(N)c1N. The van der Waals surface area contributed by atoms with Gasteiger partial charge in [0.2, 0.25) is 0 Å². The molecule has 0 aliphatic heterocycles. The van der Waals surface area contributed by atoms with E-state index in [1.807, 2.05) is 12.9 Å². The molecule has 1 rings (SSSR count). The lowest BCUT2D eigenvalue weighted by Gasteiger charge is -2.09. The number of phenolic OH excluding ortho intramolecular Hbond substituents is 1. The van der Waals surface area contributed by atoms with Crippen LogP contribution in [0.5, 0.6) is 5.75 Å². The maximum Gasteiger partial charge on any atom is 0.140 e. The van der Waals surface area contributed by atoms with Crippen LogP contribution in [0, 0.1) is 0 Å². The minimum Gasteiger partial charge on any atom is -0.506 e. The monoisotopic (exact) mass is 280 g/mol. The molecule has 0 atom stereocenters. The Hall–Kier alpha value is -1.71. The molecule has 1 aromatic carbocycles. The number of aryl methyl sites for hydroxylation is 1. The van der Waals surface area contributed by atoms with Gasteiger partial charge >= 0.3 is 0 Å². The Morgan fingerprint density at radius 3 is 2.10 bits per heavy atom. The van der Waals surface area contributed by atoms with Crippen LogP contribution in [0.15, 0.2) is 12.1 Å². The lowest BCUT2D eigenvalue weighted by atomic mass is 10.0. The molecule has 5 N–H and O–H groups in total. The summed E-state index contributed by atoms with van der Waals surface area (Å²) in [4.78, 5) is 8.00. The molecule has 0 aromatic heterocycles. The van der Waals surface area contributed by atoms with E-state index < -0.39 is 0 Å². The quantitative estimate of drug-likeness (QED) is 0.385. The van der Waals surface area contributed by atoms with Crippen molar-refractivity contribution in [3.8, 4) is 5.75 Å². The number of hydrogen-bond donors (Lipinski definition) is 3. The number of nitrogens with two attached hydrogens (primary N) is 2. The first kappa shape index (κ1) is 18.3. The molecule has 0 radical (unpaired) electrons. The summed E-state index contributed by atoms with van der Waals surface area (Å²) in [6, 6.07) is 3.50. The van der Waals surface area contributed by atoms with E-state index in [4.69, 9.17) is 16.3 Å². The van der Waals surface area contributed by atoms with E-state index in [0.29, 0.717) is 11.4 Å². The van der Waals surface area contributed by atoms with Gasteiger partial charge < -0.3 is 21.4 Å². The third kappa shape index (κ3) is 6.45. The molecule has 0 aliphatic carbocycles. The van der Waals surface area contributed by atoms with Crippen molar-refractivity contribution in [2.45, 2.75) is 58.3 Å². The number of nitrogen functional groups attached to an aromatic ring is 2. The summed E-state index contributed by atoms with van der Waals surface area (Å²) in [5.41, 5.74) is 13.5. The molecule has 0 heterocycles. The second-order valence-corrected chi connectivity index (χ2v) is 4.94. The number of carbonyl (C=O) groups is 1. The summed E-state index contributed by atoms with van der Waals surface area (Å²) in [7, 11) is 0. The maximum atomic E-state index is 9.41. The molecule has 0 bridgehead atoms. The lowest BCUT2D eigenvalue weighted by Crippen LogP contribution is -2.00. The predicted molar refractivity (Wildman–Crippen MR) is 85.7 cm³/mol. The highest BCUT2D eigenvalue weighted by molar-refractivity contribution is 5.73. The third-order valence-corrected chi connectivity index (χ3v) is 3.40. The molecule has 20 heavy (non-hydrogen) atoms. The van der Waals surface area contributed by atoms with Crippen molar-refractivity contribution < 1.29 is 9.90 Å². The number of anilines is 2. The zero-order valence-electron chi connectivity index (χ0n) is 12.5. The van der Waals surface area contributed by atoms with E-state index in [2.05, 4.69) is 6.92 Å². The highest BCUT2D eigenvalue weighted by Gasteiger charge is 2.06. The molecule has 4 heteroatoms. The van der Waals surface area contributed by atoms with E-state index in [9.17, 15) is 5.11 Å². The fraction of sp³-hybridized carbons (Fsp3) is 0.562. The standard InChI is InChI=1S/C15H26N2O.CH2O/c1-2-3-4-5-6-7-8-9-12-10-11-13(18)15(17)14(12)16;1-2/h10-11,18H,2-9,16-17H2,1H3;1H2. The van der Waals surface area contributed by atoms with Crippen molar-refractivity contribution in [3.05, 3.63) is 17.7 Å². The van der Waals surface area contributed by atoms with Crippen molar-refractivity contribution in [2.75, 3.05) is 11.5 Å². The predicted octanol–water partition coefficient (Wildman–Crippen LogP) is 3.66. The van der Waals surface area contributed by atoms with Gasteiger partial charge in [-0.05, 0) is 24.5 Å². The van der Waals surface area contributed by atoms with E-state index in [1.54, 1.807) is 6.07 Å². The summed E-state index contributed by atoms with van der Waals surface area (Å²) in [6.45, 7) is 4.23. The molecule has 114 valence electrons. The lowest BCUT2D eigenvalue weighted by molar-refractivity contribution is -0.0979. The zero-order valence-corrected chi connectivity index (χ0v) is 12.5. The first-order chi connectivity index (χ1) is 9.66. The molecular formula is C16H28N2O2. The maximum absolute atomic E-state index is 9.41. The van der Waals surface area contributed by atoms with Crippen LogP contribution in [0.1, 0.15) is 57.4 Å². The minimum absolute atomic E-state index is 0.0795. The molecular weight excluding hydrogens is 252 g/mol. The van der Waals surface area contributed by atoms with Crippen molar-refractivity contribution >= 4 is 18.2 Å². The van der Waals surface area contributed by atoms with E-state index in [-0.39, 0.29) is 5.75 Å². The fourth-order valence-corrected chi connectivity index (χ4v) is 2.16. The van der Waals surface area contributed by atoms with Gasteiger partial charge in [-0.1, -0.05) is 51.5 Å². The van der Waals surface area contributed by atoms with Gasteiger partial charge in [-0.2, -0.15) is 0 Å². The summed E-state index contributed by atoms with van der Waals surface area (Å²) in [5.74, 6) is 0.0795. The number of carbonyl (C=O) groups excluding carboxylic acids is 1. The van der Waals surface area contributed by atoms with Crippen LogP contribution in [-0.4, -0.2) is 11.9 Å². The van der Waals surface area contributed by atoms with Gasteiger partial charge in [-0.25, -0.2) is 0 Å². The molecule has 0 amide bonds. The topological polar surface area (TPSA) is 89.3 Å². The van der Waals surface area contributed by atoms with Gasteiger partial charge in [0.15, 0.2) is 0 Å². The Balaban J connectivity index is 0.00000172. The van der Waals surface area contributed by atoms with Gasteiger partial charge in [0, 0.05) is 0 Å². The van der Waals surface area contributed by atoms with Crippen molar-refractivity contribution in [3.63, 3.8) is 0 Å². The molecule has 4 nitrogen and oxygen atoms in total. The highest BCUT2D eigenvalue weighted by atomic mass is 16.3. The van der Waals surface area contributed by atoms with Gasteiger partial charge in [-0.3, -0.25) is 0 Å². The van der Waals surface area contributed by atoms with Crippen LogP contribution >= 0.6 is 0 Å². The summed E-state index contributed by atoms with van der Waals surface area (Å²) < 4.78 is 0. The fourth-order valence-electron chi connectivity index (χ4n) is 2.16. The number of rotatable bonds is 8. The van der Waals surface area contributed by atoms with Crippen LogP contribution in [0.2, 0.25) is 0 Å². The van der Waals surface area contributed by atoms with Crippen LogP contribution in [0.3, 0.4) is 0 Å². The van der Waals surface area contributed by atoms with E-state index in [0.717, 1.165) is 18.4 Å². The first-order valence-corrected chi connectivity index (χ1v) is 7.31. The zero-order chi connectivity index (χ0) is 15.4. The Kier molecular flexibility index (Phi) is 10.2. The minimum atomic E-state index is 0.0795. The number of hydrogen-bond acceptors (Lipinski definition) is 4. The van der Waals surface area contributed by atoms with Gasteiger partial charge in [0.1, 0.15) is 12.5 Å². The van der Waals surface area contributed by atoms with Crippen LogP contribution in [0.25, 0.3) is 0 Å². The van der Waals surface area contributed by atoms with Crippen molar-refractivity contribution in [2.24, 2.45) is 0 Å². The average molecular weight is 280 g/mol. The largest absolute Gasteiger partial charge is 0.506 e. The van der Waals surface area contributed by atoms with Crippen LogP contribution in [0.4, 0.5) is 11.4 Å². The number of benzene rings is 1. The Labute approximate surface area is 122 Å². The summed E-state index contributed by atoms with van der Waals surface area (Å²) in [5, 5.41) is 9.41. The first-order valence-electron chi connectivity index (χ1n) is 7.31. The van der Waals surface area contributed by atoms with Crippen molar-refractivity contribution in [1.29, 1.82) is 0 Å². The number of phenols is 1. The second kappa shape index (κ2) is 11.1. The second-order valence-electron chi connectivity index (χ2n) is 4.94. The normalized spacial score (nSPS) is 9.85. The van der Waals surface area contributed by atoms with Gasteiger partial charge in [0.25, 0.3) is 0 Å². The third-order valence-electron chi connectivity index (χ3n) is 3.40. The Morgan fingerprint density at radius 1 is 0.950 bits per heavy atom. The Bertz CT molecular complexity index is 381. The molecule has 0 spiro atoms. The van der Waals surface area contributed by atoms with Gasteiger partial charge in [0.05, 0.1) is 11.4 Å². The Morgan fingerprint density at radius 2 is 1.50 bits per heavy atom. The van der Waals surface area contributed by atoms with Gasteiger partial charge in [-0.15, -0.1) is 0 Å². The van der Waals surface area contributed by atoms with Crippen LogP contribution < -0.4 is 11.5 Å². The summed E-state index contributed by atoms with van der Waals surface area (Å²) in [6.07, 6.45) is 9.96. The number of aromatic hydroxyl groups is 1. The van der Waals surface area contributed by atoms with Crippen LogP contribution in [-0.2, 0) is 11.2 Å². The molecule has 0 saturated carbocycles. The summed E-state index contributed by atoms with van der Waals surface area (Å²) >= 11 is 0. The highest BCUT2D eigenvalue weighted by Crippen LogP contribution is 2.30. The van der Waals surface area contributed by atoms with E-state index >= 15 is 0 Å². The molecule has 0 aliphatic rings. The molecule has 1 aromatic rings.